The molecule has 0 aliphatic carbocycles. The van der Waals surface area contributed by atoms with Crippen molar-refractivity contribution in [2.24, 2.45) is 0 Å². The minimum Gasteiger partial charge on any atom is -0.384 e. The Morgan fingerprint density at radius 2 is 2.03 bits per heavy atom. The second kappa shape index (κ2) is 7.37. The van der Waals surface area contributed by atoms with Crippen molar-refractivity contribution in [1.82, 2.24) is 24.9 Å². The Balaban J connectivity index is 1.53. The van der Waals surface area contributed by atoms with Crippen molar-refractivity contribution in [3.63, 3.8) is 0 Å². The van der Waals surface area contributed by atoms with E-state index in [-0.39, 0.29) is 11.5 Å². The zero-order chi connectivity index (χ0) is 22.5. The van der Waals surface area contributed by atoms with Gasteiger partial charge >= 0.3 is 0 Å². The van der Waals surface area contributed by atoms with Gasteiger partial charge in [-0.1, -0.05) is 0 Å². The lowest BCUT2D eigenvalue weighted by atomic mass is 9.86. The third kappa shape index (κ3) is 3.08. The van der Waals surface area contributed by atoms with Crippen LogP contribution < -0.4 is 15.8 Å². The molecule has 0 unspecified atom stereocenters. The summed E-state index contributed by atoms with van der Waals surface area (Å²) in [5.41, 5.74) is 4.70. The summed E-state index contributed by atoms with van der Waals surface area (Å²) >= 11 is 0. The molecule has 1 aliphatic heterocycles. The van der Waals surface area contributed by atoms with Crippen molar-refractivity contribution in [1.29, 1.82) is 0 Å². The molecule has 0 saturated heterocycles. The number of amides is 1. The number of rotatable bonds is 6. The molecule has 32 heavy (non-hydrogen) atoms. The molecule has 0 saturated carbocycles. The highest BCUT2D eigenvalue weighted by molar-refractivity contribution is 6.09. The van der Waals surface area contributed by atoms with Crippen LogP contribution in [0.1, 0.15) is 32.0 Å². The summed E-state index contributed by atoms with van der Waals surface area (Å²) in [4.78, 5) is 45.2. The molecule has 3 aromatic heterocycles. The predicted octanol–water partition coefficient (Wildman–Crippen LogP) is 2.94. The molecule has 4 N–H and O–H groups in total. The van der Waals surface area contributed by atoms with Crippen LogP contribution in [-0.2, 0) is 16.6 Å². The number of imidazole rings is 2. The summed E-state index contributed by atoms with van der Waals surface area (Å²) in [6, 6.07) is 5.75. The molecule has 1 amide bonds. The number of pyridine rings is 1. The fraction of sp³-hybridized carbons (Fsp3) is 0.304. The van der Waals surface area contributed by atoms with Crippen molar-refractivity contribution < 1.29 is 4.79 Å². The zero-order valence-corrected chi connectivity index (χ0v) is 18.2. The Bertz CT molecular complexity index is 1370. The molecule has 1 aliphatic rings. The van der Waals surface area contributed by atoms with Crippen LogP contribution in [0.2, 0.25) is 0 Å². The number of nitrogens with one attached hydrogen (secondary N) is 4. The summed E-state index contributed by atoms with van der Waals surface area (Å²) in [5.74, 6) is 0.577. The predicted molar refractivity (Wildman–Crippen MR) is 124 cm³/mol. The number of nitrogens with zero attached hydrogens (tertiary/aromatic N) is 3. The quantitative estimate of drug-likeness (QED) is 0.374. The van der Waals surface area contributed by atoms with Gasteiger partial charge < -0.3 is 25.2 Å². The van der Waals surface area contributed by atoms with E-state index < -0.39 is 5.41 Å². The van der Waals surface area contributed by atoms with Crippen LogP contribution in [0.25, 0.3) is 22.4 Å². The number of benzene rings is 1. The second-order valence-electron chi connectivity index (χ2n) is 8.50. The Kier molecular flexibility index (Phi) is 4.61. The molecule has 9 nitrogen and oxygen atoms in total. The fourth-order valence-electron chi connectivity index (χ4n) is 4.38. The zero-order valence-electron chi connectivity index (χ0n) is 18.2. The Morgan fingerprint density at radius 3 is 2.78 bits per heavy atom. The van der Waals surface area contributed by atoms with E-state index in [1.165, 1.54) is 0 Å². The summed E-state index contributed by atoms with van der Waals surface area (Å²) in [6.45, 7) is 7.08. The maximum Gasteiger partial charge on any atom is 0.261 e. The topological polar surface area (TPSA) is 123 Å². The van der Waals surface area contributed by atoms with E-state index >= 15 is 0 Å². The first-order chi connectivity index (χ1) is 15.4. The van der Waals surface area contributed by atoms with Gasteiger partial charge in [-0.05, 0) is 44.5 Å². The number of carbonyl (C=O) groups excluding carboxylic acids is 1. The van der Waals surface area contributed by atoms with E-state index in [2.05, 4.69) is 25.3 Å². The normalized spacial score (nSPS) is 14.8. The maximum atomic E-state index is 12.8. The highest BCUT2D eigenvalue weighted by Crippen LogP contribution is 2.43. The number of aromatic amines is 3. The van der Waals surface area contributed by atoms with Gasteiger partial charge in [0.2, 0.25) is 5.91 Å². The van der Waals surface area contributed by atoms with E-state index in [1.807, 2.05) is 39.0 Å². The van der Waals surface area contributed by atoms with Gasteiger partial charge in [0.1, 0.15) is 11.4 Å². The molecule has 0 radical (unpaired) electrons. The van der Waals surface area contributed by atoms with Gasteiger partial charge in [-0.15, -0.1) is 0 Å². The first kappa shape index (κ1) is 20.0. The number of fused-ring (bicyclic) bond motifs is 2. The largest absolute Gasteiger partial charge is 0.384 e. The molecule has 164 valence electrons. The van der Waals surface area contributed by atoms with Gasteiger partial charge in [0.15, 0.2) is 0 Å². The van der Waals surface area contributed by atoms with Gasteiger partial charge in [0.05, 0.1) is 34.2 Å². The lowest BCUT2D eigenvalue weighted by molar-refractivity contribution is -0.122. The highest BCUT2D eigenvalue weighted by atomic mass is 16.2. The summed E-state index contributed by atoms with van der Waals surface area (Å²) in [6.07, 6.45) is 5.79. The third-order valence-electron chi connectivity index (χ3n) is 6.12. The van der Waals surface area contributed by atoms with Crippen LogP contribution in [0.15, 0.2) is 41.7 Å². The van der Waals surface area contributed by atoms with E-state index in [0.717, 1.165) is 34.4 Å². The van der Waals surface area contributed by atoms with E-state index in [1.54, 1.807) is 23.6 Å². The van der Waals surface area contributed by atoms with Crippen LogP contribution in [0, 0.1) is 0 Å². The molecule has 4 aromatic rings. The summed E-state index contributed by atoms with van der Waals surface area (Å²) in [7, 11) is 0. The number of carbonyl (C=O) groups is 1. The number of hydrogen-bond acceptors (Lipinski definition) is 5. The van der Waals surface area contributed by atoms with Gasteiger partial charge in [0.25, 0.3) is 5.56 Å². The minimum atomic E-state index is -0.603. The van der Waals surface area contributed by atoms with Crippen LogP contribution in [0.5, 0.6) is 0 Å². The van der Waals surface area contributed by atoms with E-state index in [0.29, 0.717) is 30.2 Å². The molecule has 9 heteroatoms. The molecule has 5 rings (SSSR count). The molecule has 0 bridgehead atoms. The maximum absolute atomic E-state index is 12.8. The Labute approximate surface area is 184 Å². The average molecular weight is 432 g/mol. The Morgan fingerprint density at radius 1 is 1.19 bits per heavy atom. The second-order valence-corrected chi connectivity index (χ2v) is 8.50. The van der Waals surface area contributed by atoms with Crippen LogP contribution in [0.4, 0.5) is 11.4 Å². The lowest BCUT2D eigenvalue weighted by Gasteiger charge is -2.18. The monoisotopic (exact) mass is 431 g/mol. The van der Waals surface area contributed by atoms with Crippen molar-refractivity contribution in [2.45, 2.75) is 32.6 Å². The molecule has 0 atom stereocenters. The molecule has 4 heterocycles. The SMILES string of the molecule is CCN1C(=O)C(C)(C)c2cc3[nH]c(-c4c(NCCc5cnc[nH]5)cc[nH]c4=O)nc3cc21. The first-order valence-corrected chi connectivity index (χ1v) is 10.7. The third-order valence-corrected chi connectivity index (χ3v) is 6.12. The summed E-state index contributed by atoms with van der Waals surface area (Å²) in [5, 5.41) is 3.33. The number of anilines is 2. The minimum absolute atomic E-state index is 0.0890. The van der Waals surface area contributed by atoms with Crippen molar-refractivity contribution in [3.8, 4) is 11.4 Å². The molecular weight excluding hydrogens is 406 g/mol. The highest BCUT2D eigenvalue weighted by Gasteiger charge is 2.43. The van der Waals surface area contributed by atoms with Crippen LogP contribution in [-0.4, -0.2) is 43.9 Å². The standard InChI is InChI=1S/C23H25N7O2/c1-4-30-18-10-17-16(9-14(18)23(2,3)22(30)32)28-20(29-17)19-15(6-8-26-21(19)31)25-7-5-13-11-24-12-27-13/h6,8-12H,4-5,7H2,1-3H3,(H,24,27)(H,28,29)(H2,25,26,31). The number of H-pyrrole nitrogens is 3. The number of hydrogen-bond donors (Lipinski definition) is 4. The average Bonchev–Trinajstić information content (AvgIpc) is 3.46. The molecular formula is C23H25N7O2. The fourth-order valence-corrected chi connectivity index (χ4v) is 4.38. The number of likely N-dealkylation sites (N-methyl/N-ethyl adjacent to an activating group) is 1. The van der Waals surface area contributed by atoms with Crippen LogP contribution >= 0.6 is 0 Å². The first-order valence-electron chi connectivity index (χ1n) is 10.7. The van der Waals surface area contributed by atoms with E-state index in [4.69, 9.17) is 4.98 Å². The van der Waals surface area contributed by atoms with Gasteiger partial charge in [-0.25, -0.2) is 9.97 Å². The molecule has 0 spiro atoms. The molecule has 1 aromatic carbocycles. The Hall–Kier alpha value is -3.88. The molecule has 0 fully saturated rings. The van der Waals surface area contributed by atoms with Crippen molar-refractivity contribution >= 4 is 28.3 Å². The van der Waals surface area contributed by atoms with E-state index in [9.17, 15) is 9.59 Å². The summed E-state index contributed by atoms with van der Waals surface area (Å²) < 4.78 is 0. The van der Waals surface area contributed by atoms with Gasteiger partial charge in [-0.2, -0.15) is 0 Å². The smallest absolute Gasteiger partial charge is 0.261 e. The van der Waals surface area contributed by atoms with Gasteiger partial charge in [0, 0.05) is 37.6 Å². The van der Waals surface area contributed by atoms with Crippen molar-refractivity contribution in [3.05, 3.63) is 58.5 Å². The van der Waals surface area contributed by atoms with Crippen molar-refractivity contribution in [2.75, 3.05) is 23.3 Å². The lowest BCUT2D eigenvalue weighted by Crippen LogP contribution is -2.35. The number of aromatic nitrogens is 5. The van der Waals surface area contributed by atoms with Gasteiger partial charge in [-0.3, -0.25) is 9.59 Å². The van der Waals surface area contributed by atoms with Crippen LogP contribution in [0.3, 0.4) is 0 Å².